The molecular formula is C14H14N6O. The van der Waals surface area contributed by atoms with E-state index in [0.29, 0.717) is 13.0 Å². The number of amides is 1. The predicted molar refractivity (Wildman–Crippen MR) is 77.3 cm³/mol. The van der Waals surface area contributed by atoms with Crippen LogP contribution in [0.5, 0.6) is 0 Å². The Bertz CT molecular complexity index is 705. The molecule has 0 saturated carbocycles. The summed E-state index contributed by atoms with van der Waals surface area (Å²) in [6.45, 7) is 0.506. The van der Waals surface area contributed by atoms with Crippen LogP contribution in [-0.4, -0.2) is 31.1 Å². The second-order valence-electron chi connectivity index (χ2n) is 4.52. The van der Waals surface area contributed by atoms with Crippen LogP contribution in [0.2, 0.25) is 0 Å². The van der Waals surface area contributed by atoms with E-state index in [9.17, 15) is 4.79 Å². The van der Waals surface area contributed by atoms with Gasteiger partial charge in [0, 0.05) is 30.1 Å². The third kappa shape index (κ3) is 3.33. The van der Waals surface area contributed by atoms with Gasteiger partial charge in [-0.05, 0) is 18.2 Å². The maximum atomic E-state index is 11.9. The van der Waals surface area contributed by atoms with Gasteiger partial charge in [-0.2, -0.15) is 5.10 Å². The van der Waals surface area contributed by atoms with Crippen molar-refractivity contribution in [3.63, 3.8) is 0 Å². The van der Waals surface area contributed by atoms with Gasteiger partial charge in [-0.3, -0.25) is 14.6 Å². The van der Waals surface area contributed by atoms with Crippen molar-refractivity contribution >= 4 is 11.6 Å². The van der Waals surface area contributed by atoms with Crippen molar-refractivity contribution in [2.75, 3.05) is 5.32 Å². The first-order valence-electron chi connectivity index (χ1n) is 6.55. The van der Waals surface area contributed by atoms with Crippen molar-refractivity contribution in [2.24, 2.45) is 0 Å². The van der Waals surface area contributed by atoms with Crippen LogP contribution < -0.4 is 5.32 Å². The number of aromatic amines is 1. The molecule has 3 aromatic rings. The predicted octanol–water partition coefficient (Wildman–Crippen LogP) is 1.70. The Balaban J connectivity index is 1.62. The van der Waals surface area contributed by atoms with Crippen molar-refractivity contribution in [1.82, 2.24) is 25.2 Å². The lowest BCUT2D eigenvalue weighted by atomic mass is 10.1. The molecule has 0 aliphatic carbocycles. The van der Waals surface area contributed by atoms with Crippen molar-refractivity contribution in [2.45, 2.75) is 13.0 Å². The molecule has 7 nitrogen and oxygen atoms in total. The van der Waals surface area contributed by atoms with Crippen LogP contribution in [-0.2, 0) is 11.3 Å². The first-order chi connectivity index (χ1) is 10.3. The Morgan fingerprint density at radius 1 is 1.29 bits per heavy atom. The summed E-state index contributed by atoms with van der Waals surface area (Å²) in [5, 5.41) is 17.2. The highest BCUT2D eigenvalue weighted by atomic mass is 16.1. The molecule has 0 atom stereocenters. The van der Waals surface area contributed by atoms with Gasteiger partial charge < -0.3 is 5.32 Å². The molecule has 2 N–H and O–H groups in total. The number of carbonyl (C=O) groups excluding carboxylic acids is 1. The van der Waals surface area contributed by atoms with E-state index in [0.717, 1.165) is 16.9 Å². The highest BCUT2D eigenvalue weighted by molar-refractivity contribution is 5.91. The molecular weight excluding hydrogens is 268 g/mol. The summed E-state index contributed by atoms with van der Waals surface area (Å²) in [5.41, 5.74) is 2.64. The molecule has 0 unspecified atom stereocenters. The summed E-state index contributed by atoms with van der Waals surface area (Å²) < 4.78 is 1.63. The number of nitrogens with zero attached hydrogens (tertiary/aromatic N) is 4. The van der Waals surface area contributed by atoms with Crippen LogP contribution in [0.25, 0.3) is 11.3 Å². The van der Waals surface area contributed by atoms with Gasteiger partial charge in [0.2, 0.25) is 5.91 Å². The molecule has 0 aliphatic rings. The Kier molecular flexibility index (Phi) is 3.72. The second-order valence-corrected chi connectivity index (χ2v) is 4.52. The molecule has 0 spiro atoms. The fourth-order valence-electron chi connectivity index (χ4n) is 1.97. The van der Waals surface area contributed by atoms with E-state index in [1.165, 1.54) is 0 Å². The lowest BCUT2D eigenvalue weighted by Gasteiger charge is -2.06. The topological polar surface area (TPSA) is 88.5 Å². The number of nitrogens with one attached hydrogen (secondary N) is 2. The molecule has 1 aromatic carbocycles. The summed E-state index contributed by atoms with van der Waals surface area (Å²) in [4.78, 5) is 11.9. The average Bonchev–Trinajstić information content (AvgIpc) is 3.19. The quantitative estimate of drug-likeness (QED) is 0.745. The molecule has 2 aromatic heterocycles. The lowest BCUT2D eigenvalue weighted by Crippen LogP contribution is -2.14. The number of H-pyrrole nitrogens is 1. The van der Waals surface area contributed by atoms with E-state index in [1.54, 1.807) is 23.3 Å². The number of benzene rings is 1. The molecule has 0 bridgehead atoms. The number of anilines is 1. The summed E-state index contributed by atoms with van der Waals surface area (Å²) >= 11 is 0. The minimum atomic E-state index is -0.0627. The molecule has 106 valence electrons. The number of rotatable bonds is 5. The van der Waals surface area contributed by atoms with Crippen LogP contribution in [0.3, 0.4) is 0 Å². The maximum absolute atomic E-state index is 11.9. The van der Waals surface area contributed by atoms with Crippen LogP contribution in [0, 0.1) is 0 Å². The van der Waals surface area contributed by atoms with Crippen LogP contribution >= 0.6 is 0 Å². The van der Waals surface area contributed by atoms with E-state index in [1.807, 2.05) is 30.3 Å². The monoisotopic (exact) mass is 282 g/mol. The molecule has 2 heterocycles. The van der Waals surface area contributed by atoms with E-state index < -0.39 is 0 Å². The largest absolute Gasteiger partial charge is 0.326 e. The van der Waals surface area contributed by atoms with Gasteiger partial charge in [0.25, 0.3) is 0 Å². The van der Waals surface area contributed by atoms with Crippen LogP contribution in [0.4, 0.5) is 5.69 Å². The van der Waals surface area contributed by atoms with Crippen molar-refractivity contribution in [3.05, 3.63) is 48.9 Å². The first-order valence-corrected chi connectivity index (χ1v) is 6.55. The van der Waals surface area contributed by atoms with Gasteiger partial charge >= 0.3 is 0 Å². The third-order valence-electron chi connectivity index (χ3n) is 3.00. The maximum Gasteiger partial charge on any atom is 0.226 e. The molecule has 3 rings (SSSR count). The fraction of sp³-hybridized carbons (Fsp3) is 0.143. The highest BCUT2D eigenvalue weighted by Gasteiger charge is 2.05. The van der Waals surface area contributed by atoms with Crippen LogP contribution in [0.15, 0.2) is 48.9 Å². The number of aromatic nitrogens is 5. The molecule has 0 radical (unpaired) electrons. The Hall–Kier alpha value is -2.96. The van der Waals surface area contributed by atoms with Gasteiger partial charge in [0.15, 0.2) is 0 Å². The Morgan fingerprint density at radius 3 is 3.00 bits per heavy atom. The number of hydrogen-bond donors (Lipinski definition) is 2. The third-order valence-corrected chi connectivity index (χ3v) is 3.00. The summed E-state index contributed by atoms with van der Waals surface area (Å²) in [6.07, 6.45) is 5.36. The van der Waals surface area contributed by atoms with E-state index in [2.05, 4.69) is 25.8 Å². The molecule has 0 saturated heterocycles. The molecule has 0 fully saturated rings. The van der Waals surface area contributed by atoms with E-state index in [-0.39, 0.29) is 5.91 Å². The zero-order chi connectivity index (χ0) is 14.5. The number of carbonyl (C=O) groups is 1. The van der Waals surface area contributed by atoms with Crippen molar-refractivity contribution in [1.29, 1.82) is 0 Å². The minimum absolute atomic E-state index is 0.0627. The van der Waals surface area contributed by atoms with Gasteiger partial charge in [-0.15, -0.1) is 5.10 Å². The van der Waals surface area contributed by atoms with Gasteiger partial charge in [0.05, 0.1) is 18.4 Å². The zero-order valence-electron chi connectivity index (χ0n) is 11.2. The van der Waals surface area contributed by atoms with Crippen LogP contribution in [0.1, 0.15) is 6.42 Å². The standard InChI is InChI=1S/C14H14N6O/c21-14(5-8-20-9-7-16-19-20)17-12-3-1-2-11(10-12)13-4-6-15-18-13/h1-4,6-7,9-10H,5,8H2,(H,15,18)(H,17,21). The summed E-state index contributed by atoms with van der Waals surface area (Å²) in [7, 11) is 0. The van der Waals surface area contributed by atoms with Gasteiger partial charge in [-0.1, -0.05) is 17.3 Å². The number of hydrogen-bond acceptors (Lipinski definition) is 4. The Morgan fingerprint density at radius 2 is 2.24 bits per heavy atom. The van der Waals surface area contributed by atoms with Gasteiger partial charge in [-0.25, -0.2) is 0 Å². The minimum Gasteiger partial charge on any atom is -0.326 e. The SMILES string of the molecule is O=C(CCn1ccnn1)Nc1cccc(-c2ccn[nH]2)c1. The van der Waals surface area contributed by atoms with Crippen molar-refractivity contribution < 1.29 is 4.79 Å². The van der Waals surface area contributed by atoms with Gasteiger partial charge in [0.1, 0.15) is 0 Å². The molecule has 0 aliphatic heterocycles. The summed E-state index contributed by atoms with van der Waals surface area (Å²) in [5.74, 6) is -0.0627. The highest BCUT2D eigenvalue weighted by Crippen LogP contribution is 2.20. The van der Waals surface area contributed by atoms with E-state index >= 15 is 0 Å². The van der Waals surface area contributed by atoms with Crippen molar-refractivity contribution in [3.8, 4) is 11.3 Å². The molecule has 1 amide bonds. The zero-order valence-corrected chi connectivity index (χ0v) is 11.2. The fourth-order valence-corrected chi connectivity index (χ4v) is 1.97. The average molecular weight is 282 g/mol. The second kappa shape index (κ2) is 6.00. The van der Waals surface area contributed by atoms with E-state index in [4.69, 9.17) is 0 Å². The first kappa shape index (κ1) is 13.0. The number of aryl methyl sites for hydroxylation is 1. The normalized spacial score (nSPS) is 10.5. The smallest absolute Gasteiger partial charge is 0.226 e. The lowest BCUT2D eigenvalue weighted by molar-refractivity contribution is -0.116. The molecule has 21 heavy (non-hydrogen) atoms. The Labute approximate surface area is 121 Å². The summed E-state index contributed by atoms with van der Waals surface area (Å²) in [6, 6.07) is 9.49. The molecule has 7 heteroatoms.